The van der Waals surface area contributed by atoms with E-state index in [0.29, 0.717) is 43.7 Å². The zero-order chi connectivity index (χ0) is 25.2. The molecule has 2 amide bonds. The van der Waals surface area contributed by atoms with E-state index < -0.39 is 15.6 Å². The van der Waals surface area contributed by atoms with E-state index in [4.69, 9.17) is 4.74 Å². The van der Waals surface area contributed by atoms with Crippen molar-refractivity contribution in [2.45, 2.75) is 63.0 Å². The number of anilines is 1. The molecule has 8 nitrogen and oxygen atoms in total. The SMILES string of the molecule is CC(C)(C)OC(=O)N1CCC(NC(=O)c2cccc(S(=O)(=O)N3CCCc4ccccc43)c2)CC1. The van der Waals surface area contributed by atoms with Gasteiger partial charge < -0.3 is 15.0 Å². The number of carbonyl (C=O) groups excluding carboxylic acids is 2. The number of likely N-dealkylation sites (tertiary alicyclic amines) is 1. The summed E-state index contributed by atoms with van der Waals surface area (Å²) < 4.78 is 33.8. The maximum Gasteiger partial charge on any atom is 0.410 e. The third kappa shape index (κ3) is 5.78. The highest BCUT2D eigenvalue weighted by atomic mass is 32.2. The van der Waals surface area contributed by atoms with Crippen LogP contribution < -0.4 is 9.62 Å². The zero-order valence-electron chi connectivity index (χ0n) is 20.5. The van der Waals surface area contributed by atoms with Crippen molar-refractivity contribution in [2.24, 2.45) is 0 Å². The molecule has 188 valence electrons. The number of para-hydroxylation sites is 1. The summed E-state index contributed by atoms with van der Waals surface area (Å²) in [5, 5.41) is 2.99. The van der Waals surface area contributed by atoms with E-state index >= 15 is 0 Å². The molecule has 1 saturated heterocycles. The Morgan fingerprint density at radius 3 is 2.43 bits per heavy atom. The second-order valence-corrected chi connectivity index (χ2v) is 11.9. The molecule has 0 atom stereocenters. The molecule has 2 aromatic rings. The molecule has 1 fully saturated rings. The Bertz CT molecular complexity index is 1200. The summed E-state index contributed by atoms with van der Waals surface area (Å²) in [7, 11) is -3.80. The monoisotopic (exact) mass is 499 g/mol. The van der Waals surface area contributed by atoms with Gasteiger partial charge in [-0.15, -0.1) is 0 Å². The molecule has 2 aliphatic heterocycles. The fraction of sp³-hybridized carbons (Fsp3) is 0.462. The lowest BCUT2D eigenvalue weighted by atomic mass is 10.0. The minimum absolute atomic E-state index is 0.0987. The number of amides is 2. The van der Waals surface area contributed by atoms with Gasteiger partial charge in [0.05, 0.1) is 10.6 Å². The van der Waals surface area contributed by atoms with Gasteiger partial charge in [-0.1, -0.05) is 24.3 Å². The van der Waals surface area contributed by atoms with Gasteiger partial charge in [0, 0.05) is 31.2 Å². The van der Waals surface area contributed by atoms with Gasteiger partial charge in [0.2, 0.25) is 0 Å². The summed E-state index contributed by atoms with van der Waals surface area (Å²) in [6, 6.07) is 13.6. The van der Waals surface area contributed by atoms with Crippen LogP contribution in [-0.4, -0.2) is 56.6 Å². The van der Waals surface area contributed by atoms with Crippen molar-refractivity contribution < 1.29 is 22.7 Å². The molecule has 9 heteroatoms. The van der Waals surface area contributed by atoms with Gasteiger partial charge in [-0.3, -0.25) is 9.10 Å². The number of benzene rings is 2. The summed E-state index contributed by atoms with van der Waals surface area (Å²) >= 11 is 0. The van der Waals surface area contributed by atoms with E-state index in [1.54, 1.807) is 17.0 Å². The number of fused-ring (bicyclic) bond motifs is 1. The molecular weight excluding hydrogens is 466 g/mol. The number of hydrogen-bond acceptors (Lipinski definition) is 5. The summed E-state index contributed by atoms with van der Waals surface area (Å²) in [6.07, 6.45) is 2.45. The van der Waals surface area contributed by atoms with E-state index in [-0.39, 0.29) is 22.9 Å². The van der Waals surface area contributed by atoms with Crippen LogP contribution in [0.3, 0.4) is 0 Å². The molecule has 0 spiro atoms. The van der Waals surface area contributed by atoms with Crippen molar-refractivity contribution in [3.63, 3.8) is 0 Å². The molecular formula is C26H33N3O5S. The van der Waals surface area contributed by atoms with Gasteiger partial charge >= 0.3 is 6.09 Å². The van der Waals surface area contributed by atoms with Gasteiger partial charge in [0.25, 0.3) is 15.9 Å². The van der Waals surface area contributed by atoms with E-state index in [1.807, 2.05) is 45.0 Å². The van der Waals surface area contributed by atoms with Crippen molar-refractivity contribution >= 4 is 27.7 Å². The number of nitrogens with one attached hydrogen (secondary N) is 1. The quantitative estimate of drug-likeness (QED) is 0.687. The van der Waals surface area contributed by atoms with E-state index in [0.717, 1.165) is 18.4 Å². The molecule has 0 bridgehead atoms. The molecule has 0 radical (unpaired) electrons. The lowest BCUT2D eigenvalue weighted by Crippen LogP contribution is -2.47. The lowest BCUT2D eigenvalue weighted by Gasteiger charge is -2.33. The van der Waals surface area contributed by atoms with Crippen LogP contribution in [0.15, 0.2) is 53.4 Å². The molecule has 0 aliphatic carbocycles. The summed E-state index contributed by atoms with van der Waals surface area (Å²) in [6.45, 7) is 6.87. The third-order valence-corrected chi connectivity index (χ3v) is 8.04. The first-order valence-corrected chi connectivity index (χ1v) is 13.5. The Labute approximate surface area is 207 Å². The minimum atomic E-state index is -3.80. The van der Waals surface area contributed by atoms with Gasteiger partial charge in [-0.05, 0) is 76.3 Å². The van der Waals surface area contributed by atoms with Crippen LogP contribution in [0.1, 0.15) is 56.0 Å². The minimum Gasteiger partial charge on any atom is -0.444 e. The Hall–Kier alpha value is -3.07. The molecule has 0 saturated carbocycles. The van der Waals surface area contributed by atoms with Gasteiger partial charge in [0.1, 0.15) is 5.60 Å². The topological polar surface area (TPSA) is 96.0 Å². The first kappa shape index (κ1) is 25.0. The normalized spacial score (nSPS) is 17.0. The highest BCUT2D eigenvalue weighted by Crippen LogP contribution is 2.32. The molecule has 0 aromatic heterocycles. The number of aryl methyl sites for hydroxylation is 1. The van der Waals surface area contributed by atoms with E-state index in [9.17, 15) is 18.0 Å². The molecule has 35 heavy (non-hydrogen) atoms. The number of sulfonamides is 1. The Balaban J connectivity index is 1.42. The van der Waals surface area contributed by atoms with Gasteiger partial charge in [-0.2, -0.15) is 0 Å². The van der Waals surface area contributed by atoms with Crippen LogP contribution >= 0.6 is 0 Å². The third-order valence-electron chi connectivity index (χ3n) is 6.23. The highest BCUT2D eigenvalue weighted by molar-refractivity contribution is 7.92. The summed E-state index contributed by atoms with van der Waals surface area (Å²) in [5.74, 6) is -0.322. The second-order valence-electron chi connectivity index (χ2n) is 10.1. The van der Waals surface area contributed by atoms with Crippen LogP contribution in [0.25, 0.3) is 0 Å². The fourth-order valence-corrected chi connectivity index (χ4v) is 6.06. The van der Waals surface area contributed by atoms with Gasteiger partial charge in [0.15, 0.2) is 0 Å². The van der Waals surface area contributed by atoms with Crippen molar-refractivity contribution in [3.05, 3.63) is 59.7 Å². The molecule has 2 heterocycles. The van der Waals surface area contributed by atoms with E-state index in [2.05, 4.69) is 5.32 Å². The number of piperidine rings is 1. The number of hydrogen-bond donors (Lipinski definition) is 1. The number of carbonyl (C=O) groups is 2. The second kappa shape index (κ2) is 9.89. The molecule has 1 N–H and O–H groups in total. The van der Waals surface area contributed by atoms with Crippen LogP contribution in [-0.2, 0) is 21.2 Å². The van der Waals surface area contributed by atoms with Crippen molar-refractivity contribution in [3.8, 4) is 0 Å². The maximum absolute atomic E-state index is 13.5. The van der Waals surface area contributed by atoms with Crippen molar-refractivity contribution in [2.75, 3.05) is 23.9 Å². The van der Waals surface area contributed by atoms with Crippen LogP contribution in [0.5, 0.6) is 0 Å². The van der Waals surface area contributed by atoms with Crippen molar-refractivity contribution in [1.29, 1.82) is 0 Å². The van der Waals surface area contributed by atoms with Crippen molar-refractivity contribution in [1.82, 2.24) is 10.2 Å². The van der Waals surface area contributed by atoms with E-state index in [1.165, 1.54) is 16.4 Å². The highest BCUT2D eigenvalue weighted by Gasteiger charge is 2.30. The zero-order valence-corrected chi connectivity index (χ0v) is 21.3. The first-order chi connectivity index (χ1) is 16.5. The fourth-order valence-electron chi connectivity index (χ4n) is 4.48. The lowest BCUT2D eigenvalue weighted by molar-refractivity contribution is 0.0199. The first-order valence-electron chi connectivity index (χ1n) is 12.0. The average molecular weight is 500 g/mol. The summed E-state index contributed by atoms with van der Waals surface area (Å²) in [5.41, 5.74) is 1.45. The Morgan fingerprint density at radius 2 is 1.71 bits per heavy atom. The van der Waals surface area contributed by atoms with Crippen LogP contribution in [0.2, 0.25) is 0 Å². The smallest absolute Gasteiger partial charge is 0.410 e. The largest absolute Gasteiger partial charge is 0.444 e. The predicted octanol–water partition coefficient (Wildman–Crippen LogP) is 3.96. The molecule has 2 aliphatic rings. The van der Waals surface area contributed by atoms with Gasteiger partial charge in [-0.25, -0.2) is 13.2 Å². The number of nitrogens with zero attached hydrogens (tertiary/aromatic N) is 2. The number of rotatable bonds is 4. The van der Waals surface area contributed by atoms with Crippen LogP contribution in [0.4, 0.5) is 10.5 Å². The molecule has 4 rings (SSSR count). The van der Waals surface area contributed by atoms with Crippen LogP contribution in [0, 0.1) is 0 Å². The Kier molecular flexibility index (Phi) is 7.07. The number of ether oxygens (including phenoxy) is 1. The summed E-state index contributed by atoms with van der Waals surface area (Å²) in [4.78, 5) is 27.0. The predicted molar refractivity (Wildman–Crippen MR) is 134 cm³/mol. The molecule has 0 unspecified atom stereocenters. The Morgan fingerprint density at radius 1 is 1.00 bits per heavy atom. The average Bonchev–Trinajstić information content (AvgIpc) is 2.83. The standard InChI is InChI=1S/C26H33N3O5S/c1-26(2,3)34-25(31)28-16-13-21(14-17-28)27-24(30)20-9-6-11-22(18-20)35(32,33)29-15-7-10-19-8-4-5-12-23(19)29/h4-6,8-9,11-12,18,21H,7,10,13-17H2,1-3H3,(H,27,30). The maximum atomic E-state index is 13.5. The molecule has 2 aromatic carbocycles.